The van der Waals surface area contributed by atoms with Gasteiger partial charge < -0.3 is 5.11 Å². The van der Waals surface area contributed by atoms with Gasteiger partial charge in [-0.25, -0.2) is 0 Å². The van der Waals surface area contributed by atoms with Crippen molar-refractivity contribution in [3.05, 3.63) is 12.7 Å². The third-order valence-corrected chi connectivity index (χ3v) is 4.55. The van der Waals surface area contributed by atoms with Crippen LogP contribution in [0.4, 0.5) is 0 Å². The summed E-state index contributed by atoms with van der Waals surface area (Å²) in [5.74, 6) is 0. The van der Waals surface area contributed by atoms with Crippen LogP contribution < -0.4 is 0 Å². The van der Waals surface area contributed by atoms with Crippen molar-refractivity contribution in [1.29, 1.82) is 0 Å². The van der Waals surface area contributed by atoms with Crippen molar-refractivity contribution in [2.45, 2.75) is 96.4 Å². The lowest BCUT2D eigenvalue weighted by Crippen LogP contribution is -2.37. The lowest BCUT2D eigenvalue weighted by atomic mass is 10.0. The highest BCUT2D eigenvalue weighted by molar-refractivity contribution is 5.62. The lowest BCUT2D eigenvalue weighted by molar-refractivity contribution is 0.00710. The van der Waals surface area contributed by atoms with E-state index in [0.717, 1.165) is 13.0 Å². The molecule has 1 aliphatic rings. The van der Waals surface area contributed by atoms with Crippen LogP contribution in [0.25, 0.3) is 0 Å². The molecule has 1 rings (SSSR count). The smallest absolute Gasteiger partial charge is 0.106 e. The first-order chi connectivity index (χ1) is 10.8. The SMILES string of the molecule is C=CCCCCCCCCCCCCC1N=CCN1C(C)O. The average molecular weight is 309 g/mol. The molecule has 0 aromatic heterocycles. The fraction of sp³-hybridized carbons (Fsp3) is 0.842. The maximum Gasteiger partial charge on any atom is 0.106 e. The molecule has 3 nitrogen and oxygen atoms in total. The van der Waals surface area contributed by atoms with Gasteiger partial charge in [-0.05, 0) is 32.6 Å². The van der Waals surface area contributed by atoms with Crippen molar-refractivity contribution in [2.24, 2.45) is 4.99 Å². The van der Waals surface area contributed by atoms with E-state index in [1.165, 1.54) is 70.6 Å². The highest BCUT2D eigenvalue weighted by Crippen LogP contribution is 2.18. The van der Waals surface area contributed by atoms with Gasteiger partial charge in [-0.1, -0.05) is 57.4 Å². The summed E-state index contributed by atoms with van der Waals surface area (Å²) in [5.41, 5.74) is 0. The summed E-state index contributed by atoms with van der Waals surface area (Å²) in [6.45, 7) is 6.39. The van der Waals surface area contributed by atoms with Gasteiger partial charge in [-0.2, -0.15) is 0 Å². The van der Waals surface area contributed by atoms with Crippen molar-refractivity contribution >= 4 is 6.21 Å². The first kappa shape index (κ1) is 19.4. The minimum absolute atomic E-state index is 0.218. The molecule has 128 valence electrons. The number of aliphatic hydroxyl groups excluding tert-OH is 1. The van der Waals surface area contributed by atoms with Crippen LogP contribution in [-0.4, -0.2) is 35.2 Å². The number of allylic oxidation sites excluding steroid dienone is 1. The van der Waals surface area contributed by atoms with Gasteiger partial charge in [-0.3, -0.25) is 9.89 Å². The van der Waals surface area contributed by atoms with Gasteiger partial charge in [0.05, 0.1) is 0 Å². The molecule has 0 amide bonds. The van der Waals surface area contributed by atoms with E-state index in [-0.39, 0.29) is 12.4 Å². The minimum Gasteiger partial charge on any atom is -0.379 e. The molecule has 1 heterocycles. The van der Waals surface area contributed by atoms with E-state index in [2.05, 4.69) is 16.5 Å². The monoisotopic (exact) mass is 308 g/mol. The lowest BCUT2D eigenvalue weighted by Gasteiger charge is -2.25. The van der Waals surface area contributed by atoms with Gasteiger partial charge in [0.25, 0.3) is 0 Å². The molecule has 0 bridgehead atoms. The Morgan fingerprint density at radius 2 is 1.64 bits per heavy atom. The summed E-state index contributed by atoms with van der Waals surface area (Å²) in [7, 11) is 0. The fourth-order valence-electron chi connectivity index (χ4n) is 3.14. The van der Waals surface area contributed by atoms with Crippen LogP contribution in [0.1, 0.15) is 84.0 Å². The minimum atomic E-state index is -0.376. The largest absolute Gasteiger partial charge is 0.379 e. The summed E-state index contributed by atoms with van der Waals surface area (Å²) in [5, 5.41) is 9.65. The topological polar surface area (TPSA) is 35.8 Å². The number of aliphatic imine (C=N–C) groups is 1. The Kier molecular flexibility index (Phi) is 11.3. The van der Waals surface area contributed by atoms with Gasteiger partial charge in [0.1, 0.15) is 12.4 Å². The number of nitrogens with zero attached hydrogens (tertiary/aromatic N) is 2. The predicted molar refractivity (Wildman–Crippen MR) is 96.3 cm³/mol. The Bertz CT molecular complexity index is 302. The first-order valence-electron chi connectivity index (χ1n) is 9.32. The maximum atomic E-state index is 9.65. The molecule has 1 aliphatic heterocycles. The van der Waals surface area contributed by atoms with Crippen LogP contribution in [0.15, 0.2) is 17.6 Å². The second-order valence-corrected chi connectivity index (χ2v) is 6.54. The van der Waals surface area contributed by atoms with Crippen LogP contribution in [0.2, 0.25) is 0 Å². The number of unbranched alkanes of at least 4 members (excludes halogenated alkanes) is 10. The molecular weight excluding hydrogens is 272 g/mol. The molecular formula is C19H36N2O. The van der Waals surface area contributed by atoms with E-state index >= 15 is 0 Å². The highest BCUT2D eigenvalue weighted by Gasteiger charge is 2.23. The van der Waals surface area contributed by atoms with Crippen LogP contribution in [0.3, 0.4) is 0 Å². The highest BCUT2D eigenvalue weighted by atomic mass is 16.3. The molecule has 0 spiro atoms. The van der Waals surface area contributed by atoms with Crippen LogP contribution in [-0.2, 0) is 0 Å². The average Bonchev–Trinajstić information content (AvgIpc) is 2.97. The molecule has 0 saturated heterocycles. The summed E-state index contributed by atoms with van der Waals surface area (Å²) in [6.07, 6.45) is 19.6. The molecule has 3 heteroatoms. The Labute approximate surface area is 137 Å². The normalized spacial score (nSPS) is 19.6. The van der Waals surface area contributed by atoms with E-state index in [1.54, 1.807) is 0 Å². The Morgan fingerprint density at radius 1 is 1.09 bits per heavy atom. The molecule has 2 atom stereocenters. The standard InChI is InChI=1S/C19H36N2O/c1-3-4-5-6-7-8-9-10-11-12-13-14-15-19-20-16-17-21(19)18(2)22/h3,16,18-19,22H,1,4-15,17H2,2H3. The number of hydrogen-bond acceptors (Lipinski definition) is 3. The predicted octanol–water partition coefficient (Wildman–Crippen LogP) is 4.90. The second-order valence-electron chi connectivity index (χ2n) is 6.54. The van der Waals surface area contributed by atoms with Gasteiger partial charge in [-0.15, -0.1) is 6.58 Å². The van der Waals surface area contributed by atoms with Gasteiger partial charge in [0.2, 0.25) is 0 Å². The van der Waals surface area contributed by atoms with Crippen molar-refractivity contribution in [3.8, 4) is 0 Å². The van der Waals surface area contributed by atoms with Crippen LogP contribution in [0.5, 0.6) is 0 Å². The van der Waals surface area contributed by atoms with Gasteiger partial charge in [0, 0.05) is 12.8 Å². The molecule has 0 aromatic rings. The maximum absolute atomic E-state index is 9.65. The molecule has 0 radical (unpaired) electrons. The fourth-order valence-corrected chi connectivity index (χ4v) is 3.14. The summed E-state index contributed by atoms with van der Waals surface area (Å²) >= 11 is 0. The second kappa shape index (κ2) is 12.8. The summed E-state index contributed by atoms with van der Waals surface area (Å²) in [6, 6.07) is 0. The number of hydrogen-bond donors (Lipinski definition) is 1. The molecule has 0 aliphatic carbocycles. The Morgan fingerprint density at radius 3 is 2.18 bits per heavy atom. The molecule has 1 N–H and O–H groups in total. The van der Waals surface area contributed by atoms with Gasteiger partial charge in [0.15, 0.2) is 0 Å². The third kappa shape index (κ3) is 8.70. The van der Waals surface area contributed by atoms with Crippen molar-refractivity contribution in [3.63, 3.8) is 0 Å². The van der Waals surface area contributed by atoms with Crippen molar-refractivity contribution in [1.82, 2.24) is 4.90 Å². The van der Waals surface area contributed by atoms with Crippen LogP contribution >= 0.6 is 0 Å². The molecule has 0 saturated carbocycles. The zero-order valence-electron chi connectivity index (χ0n) is 14.6. The van der Waals surface area contributed by atoms with E-state index in [4.69, 9.17) is 0 Å². The van der Waals surface area contributed by atoms with Gasteiger partial charge >= 0.3 is 0 Å². The number of rotatable bonds is 14. The Hall–Kier alpha value is -0.670. The van der Waals surface area contributed by atoms with Crippen molar-refractivity contribution in [2.75, 3.05) is 6.54 Å². The molecule has 0 fully saturated rings. The van der Waals surface area contributed by atoms with E-state index in [0.29, 0.717) is 0 Å². The van der Waals surface area contributed by atoms with Crippen molar-refractivity contribution < 1.29 is 5.11 Å². The first-order valence-corrected chi connectivity index (χ1v) is 9.32. The molecule has 0 aromatic carbocycles. The quantitative estimate of drug-likeness (QED) is 0.366. The van der Waals surface area contributed by atoms with E-state index in [1.807, 2.05) is 19.2 Å². The third-order valence-electron chi connectivity index (χ3n) is 4.55. The van der Waals surface area contributed by atoms with E-state index in [9.17, 15) is 5.11 Å². The van der Waals surface area contributed by atoms with E-state index < -0.39 is 0 Å². The zero-order valence-corrected chi connectivity index (χ0v) is 14.6. The molecule has 22 heavy (non-hydrogen) atoms. The van der Waals surface area contributed by atoms with Crippen LogP contribution in [0, 0.1) is 0 Å². The molecule has 2 unspecified atom stereocenters. The summed E-state index contributed by atoms with van der Waals surface area (Å²) in [4.78, 5) is 6.52. The Balaban J connectivity index is 1.84. The summed E-state index contributed by atoms with van der Waals surface area (Å²) < 4.78 is 0. The zero-order chi connectivity index (χ0) is 16.0. The number of aliphatic hydroxyl groups is 1.